The Bertz CT molecular complexity index is 697. The Hall–Kier alpha value is -1.39. The molecular weight excluding hydrogens is 286 g/mol. The lowest BCUT2D eigenvalue weighted by Crippen LogP contribution is -2.37. The summed E-state index contributed by atoms with van der Waals surface area (Å²) in [5, 5.41) is 0.676. The van der Waals surface area contributed by atoms with Crippen molar-refractivity contribution in [2.24, 2.45) is 5.92 Å². The van der Waals surface area contributed by atoms with E-state index in [-0.39, 0.29) is 11.4 Å². The molecule has 1 unspecified atom stereocenters. The molecule has 1 fully saturated rings. The van der Waals surface area contributed by atoms with Crippen LogP contribution in [-0.2, 0) is 12.4 Å². The van der Waals surface area contributed by atoms with Crippen LogP contribution in [0.1, 0.15) is 18.7 Å². The number of hydrogen-bond donors (Lipinski definition) is 0. The fourth-order valence-electron chi connectivity index (χ4n) is 3.18. The minimum atomic E-state index is 0.0319. The number of benzene rings is 1. The number of halogens is 1. The van der Waals surface area contributed by atoms with Crippen LogP contribution in [0.15, 0.2) is 29.1 Å². The van der Waals surface area contributed by atoms with E-state index in [0.717, 1.165) is 25.0 Å². The molecular formula is C16H20ClN3O. The molecule has 5 heteroatoms. The summed E-state index contributed by atoms with van der Waals surface area (Å²) in [5.74, 6) is 1.43. The summed E-state index contributed by atoms with van der Waals surface area (Å²) < 4.78 is 1.78. The predicted molar refractivity (Wildman–Crippen MR) is 85.8 cm³/mol. The standard InChI is InChI=1S/C16H20ClN3O/c1-19-8-4-5-12(10-19)11-20-15(9-17)18-14-7-3-2-6-13(14)16(20)21/h2-3,6-7,12H,4-5,8-11H2,1H3. The third-order valence-electron chi connectivity index (χ3n) is 4.22. The van der Waals surface area contributed by atoms with Crippen molar-refractivity contribution in [3.05, 3.63) is 40.4 Å². The largest absolute Gasteiger partial charge is 0.306 e. The number of aromatic nitrogens is 2. The molecule has 2 aromatic rings. The molecule has 0 bridgehead atoms. The van der Waals surface area contributed by atoms with E-state index in [4.69, 9.17) is 11.6 Å². The van der Waals surface area contributed by atoms with Gasteiger partial charge in [0.15, 0.2) is 0 Å². The fourth-order valence-corrected chi connectivity index (χ4v) is 3.39. The van der Waals surface area contributed by atoms with E-state index in [1.54, 1.807) is 4.57 Å². The van der Waals surface area contributed by atoms with E-state index in [0.29, 0.717) is 23.7 Å². The van der Waals surface area contributed by atoms with Gasteiger partial charge in [-0.25, -0.2) is 4.98 Å². The highest BCUT2D eigenvalue weighted by molar-refractivity contribution is 6.16. The van der Waals surface area contributed by atoms with Crippen LogP contribution in [0, 0.1) is 5.92 Å². The Morgan fingerprint density at radius 2 is 2.19 bits per heavy atom. The Morgan fingerprint density at radius 3 is 2.95 bits per heavy atom. The average Bonchev–Trinajstić information content (AvgIpc) is 2.50. The van der Waals surface area contributed by atoms with Gasteiger partial charge in [0.25, 0.3) is 5.56 Å². The average molecular weight is 306 g/mol. The molecule has 1 saturated heterocycles. The van der Waals surface area contributed by atoms with Crippen LogP contribution in [0.25, 0.3) is 10.9 Å². The van der Waals surface area contributed by atoms with Gasteiger partial charge in [-0.05, 0) is 44.5 Å². The van der Waals surface area contributed by atoms with Crippen LogP contribution >= 0.6 is 11.6 Å². The zero-order valence-electron chi connectivity index (χ0n) is 12.3. The number of rotatable bonds is 3. The Labute approximate surface area is 129 Å². The summed E-state index contributed by atoms with van der Waals surface area (Å²) in [6.45, 7) is 2.88. The van der Waals surface area contributed by atoms with Crippen molar-refractivity contribution in [1.29, 1.82) is 0 Å². The lowest BCUT2D eigenvalue weighted by Gasteiger charge is -2.30. The van der Waals surface area contributed by atoms with Gasteiger partial charge in [0.1, 0.15) is 5.82 Å². The highest BCUT2D eigenvalue weighted by atomic mass is 35.5. The van der Waals surface area contributed by atoms with Gasteiger partial charge >= 0.3 is 0 Å². The monoisotopic (exact) mass is 305 g/mol. The molecule has 1 aliphatic rings. The van der Waals surface area contributed by atoms with E-state index in [9.17, 15) is 4.79 Å². The normalized spacial score (nSPS) is 20.0. The molecule has 0 radical (unpaired) electrons. The predicted octanol–water partition coefficient (Wildman–Crippen LogP) is 2.48. The van der Waals surface area contributed by atoms with E-state index in [2.05, 4.69) is 16.9 Å². The van der Waals surface area contributed by atoms with Crippen LogP contribution in [0.4, 0.5) is 0 Å². The summed E-state index contributed by atoms with van der Waals surface area (Å²) >= 11 is 6.02. The first-order chi connectivity index (χ1) is 10.2. The number of hydrogen-bond acceptors (Lipinski definition) is 3. The quantitative estimate of drug-likeness (QED) is 0.818. The van der Waals surface area contributed by atoms with Crippen LogP contribution in [0.2, 0.25) is 0 Å². The zero-order chi connectivity index (χ0) is 14.8. The van der Waals surface area contributed by atoms with Crippen molar-refractivity contribution in [3.63, 3.8) is 0 Å². The third-order valence-corrected chi connectivity index (χ3v) is 4.46. The second-order valence-electron chi connectivity index (χ2n) is 5.87. The maximum absolute atomic E-state index is 12.7. The van der Waals surface area contributed by atoms with Crippen molar-refractivity contribution < 1.29 is 0 Å². The molecule has 4 nitrogen and oxygen atoms in total. The van der Waals surface area contributed by atoms with Crippen molar-refractivity contribution in [1.82, 2.24) is 14.5 Å². The minimum absolute atomic E-state index is 0.0319. The molecule has 2 heterocycles. The lowest BCUT2D eigenvalue weighted by molar-refractivity contribution is 0.192. The summed E-state index contributed by atoms with van der Waals surface area (Å²) in [7, 11) is 2.13. The first-order valence-electron chi connectivity index (χ1n) is 7.42. The fraction of sp³-hybridized carbons (Fsp3) is 0.500. The van der Waals surface area contributed by atoms with Crippen LogP contribution in [-0.4, -0.2) is 34.6 Å². The Balaban J connectivity index is 2.00. The Morgan fingerprint density at radius 1 is 1.38 bits per heavy atom. The topological polar surface area (TPSA) is 38.1 Å². The number of para-hydroxylation sites is 1. The van der Waals surface area contributed by atoms with Gasteiger partial charge in [0.05, 0.1) is 16.8 Å². The number of alkyl halides is 1. The summed E-state index contributed by atoms with van der Waals surface area (Å²) in [6, 6.07) is 7.48. The Kier molecular flexibility index (Phi) is 4.27. The molecule has 1 atom stereocenters. The van der Waals surface area contributed by atoms with Gasteiger partial charge < -0.3 is 4.90 Å². The molecule has 3 rings (SSSR count). The van der Waals surface area contributed by atoms with Crippen LogP contribution < -0.4 is 5.56 Å². The first kappa shape index (κ1) is 14.5. The molecule has 21 heavy (non-hydrogen) atoms. The molecule has 0 N–H and O–H groups in total. The van der Waals surface area contributed by atoms with E-state index >= 15 is 0 Å². The van der Waals surface area contributed by atoms with Crippen molar-refractivity contribution in [2.45, 2.75) is 25.3 Å². The van der Waals surface area contributed by atoms with E-state index in [1.165, 1.54) is 6.42 Å². The van der Waals surface area contributed by atoms with Gasteiger partial charge in [0.2, 0.25) is 0 Å². The maximum Gasteiger partial charge on any atom is 0.261 e. The van der Waals surface area contributed by atoms with E-state index < -0.39 is 0 Å². The molecule has 0 spiro atoms. The number of nitrogens with zero attached hydrogens (tertiary/aromatic N) is 3. The minimum Gasteiger partial charge on any atom is -0.306 e. The van der Waals surface area contributed by atoms with Crippen molar-refractivity contribution in [2.75, 3.05) is 20.1 Å². The lowest BCUT2D eigenvalue weighted by atomic mass is 9.98. The molecule has 0 aliphatic carbocycles. The van der Waals surface area contributed by atoms with Crippen LogP contribution in [0.3, 0.4) is 0 Å². The van der Waals surface area contributed by atoms with Gasteiger partial charge in [0, 0.05) is 13.1 Å². The SMILES string of the molecule is CN1CCCC(Cn2c(CCl)nc3ccccc3c2=O)C1. The second kappa shape index (κ2) is 6.16. The molecule has 1 aromatic carbocycles. The number of fused-ring (bicyclic) bond motifs is 1. The summed E-state index contributed by atoms with van der Waals surface area (Å²) in [6.07, 6.45) is 2.35. The molecule has 0 saturated carbocycles. The van der Waals surface area contributed by atoms with E-state index in [1.807, 2.05) is 24.3 Å². The maximum atomic E-state index is 12.7. The molecule has 1 aliphatic heterocycles. The smallest absolute Gasteiger partial charge is 0.261 e. The van der Waals surface area contributed by atoms with Gasteiger partial charge in [-0.15, -0.1) is 11.6 Å². The first-order valence-corrected chi connectivity index (χ1v) is 7.95. The summed E-state index contributed by atoms with van der Waals surface area (Å²) in [4.78, 5) is 19.6. The molecule has 1 aromatic heterocycles. The van der Waals surface area contributed by atoms with Gasteiger partial charge in [-0.2, -0.15) is 0 Å². The number of likely N-dealkylation sites (tertiary alicyclic amines) is 1. The molecule has 112 valence electrons. The number of piperidine rings is 1. The van der Waals surface area contributed by atoms with Crippen molar-refractivity contribution in [3.8, 4) is 0 Å². The second-order valence-corrected chi connectivity index (χ2v) is 6.13. The van der Waals surface area contributed by atoms with Gasteiger partial charge in [-0.3, -0.25) is 9.36 Å². The van der Waals surface area contributed by atoms with Crippen molar-refractivity contribution >= 4 is 22.5 Å². The molecule has 0 amide bonds. The van der Waals surface area contributed by atoms with Gasteiger partial charge in [-0.1, -0.05) is 12.1 Å². The zero-order valence-corrected chi connectivity index (χ0v) is 13.0. The third kappa shape index (κ3) is 2.97. The summed E-state index contributed by atoms with van der Waals surface area (Å²) in [5.41, 5.74) is 0.764. The highest BCUT2D eigenvalue weighted by Crippen LogP contribution is 2.18. The van der Waals surface area contributed by atoms with Crippen LogP contribution in [0.5, 0.6) is 0 Å². The highest BCUT2D eigenvalue weighted by Gasteiger charge is 2.20.